The third-order valence-corrected chi connectivity index (χ3v) is 3.62. The third kappa shape index (κ3) is 8.04. The molecule has 0 aliphatic heterocycles. The van der Waals surface area contributed by atoms with Crippen LogP contribution >= 0.6 is 11.8 Å². The van der Waals surface area contributed by atoms with Gasteiger partial charge in [-0.2, -0.15) is 0 Å². The van der Waals surface area contributed by atoms with Crippen LogP contribution < -0.4 is 5.32 Å². The molecular formula is C11H21NO4S. The van der Waals surface area contributed by atoms with Crippen molar-refractivity contribution in [3.63, 3.8) is 0 Å². The second-order valence-corrected chi connectivity index (χ2v) is 5.23. The van der Waals surface area contributed by atoms with E-state index in [2.05, 4.69) is 5.32 Å². The Kier molecular flexibility index (Phi) is 8.89. The van der Waals surface area contributed by atoms with Crippen molar-refractivity contribution < 1.29 is 19.4 Å². The van der Waals surface area contributed by atoms with Gasteiger partial charge in [-0.3, -0.25) is 9.59 Å². The van der Waals surface area contributed by atoms with Gasteiger partial charge in [-0.15, -0.1) is 11.8 Å². The van der Waals surface area contributed by atoms with Crippen molar-refractivity contribution in [2.45, 2.75) is 25.5 Å². The molecule has 0 spiro atoms. The summed E-state index contributed by atoms with van der Waals surface area (Å²) in [5.74, 6) is -0.861. The first-order valence-corrected chi connectivity index (χ1v) is 6.65. The number of nitrogens with one attached hydrogen (secondary N) is 1. The Bertz CT molecular complexity index is 248. The predicted molar refractivity (Wildman–Crippen MR) is 68.2 cm³/mol. The molecule has 2 atom stereocenters. The summed E-state index contributed by atoms with van der Waals surface area (Å²) in [6, 6.07) is 0. The Morgan fingerprint density at radius 2 is 2.06 bits per heavy atom. The molecule has 0 rings (SSSR count). The van der Waals surface area contributed by atoms with E-state index >= 15 is 0 Å². The van der Waals surface area contributed by atoms with E-state index in [4.69, 9.17) is 9.84 Å². The molecule has 0 aliphatic rings. The smallest absolute Gasteiger partial charge is 0.307 e. The van der Waals surface area contributed by atoms with E-state index in [-0.39, 0.29) is 11.2 Å². The maximum atomic E-state index is 11.6. The largest absolute Gasteiger partial charge is 0.481 e. The Morgan fingerprint density at radius 3 is 2.59 bits per heavy atom. The minimum atomic E-state index is -0.829. The Morgan fingerprint density at radius 1 is 1.41 bits per heavy atom. The summed E-state index contributed by atoms with van der Waals surface area (Å²) >= 11 is 1.36. The maximum absolute atomic E-state index is 11.6. The second kappa shape index (κ2) is 9.30. The van der Waals surface area contributed by atoms with Gasteiger partial charge in [0.25, 0.3) is 0 Å². The van der Waals surface area contributed by atoms with E-state index in [1.54, 1.807) is 21.0 Å². The fraction of sp³-hybridized carbons (Fsp3) is 0.818. The van der Waals surface area contributed by atoms with Crippen LogP contribution in [0.2, 0.25) is 0 Å². The minimum absolute atomic E-state index is 0.0521. The lowest BCUT2D eigenvalue weighted by atomic mass is 10.2. The summed E-state index contributed by atoms with van der Waals surface area (Å²) < 4.78 is 4.87. The number of thioether (sulfide) groups is 1. The number of hydrogen-bond donors (Lipinski definition) is 2. The van der Waals surface area contributed by atoms with Gasteiger partial charge >= 0.3 is 5.97 Å². The van der Waals surface area contributed by atoms with Crippen molar-refractivity contribution in [1.29, 1.82) is 0 Å². The van der Waals surface area contributed by atoms with Crippen molar-refractivity contribution in [3.05, 3.63) is 0 Å². The molecule has 0 aromatic rings. The molecule has 0 heterocycles. The fourth-order valence-electron chi connectivity index (χ4n) is 1.01. The monoisotopic (exact) mass is 263 g/mol. The van der Waals surface area contributed by atoms with Crippen molar-refractivity contribution >= 4 is 23.6 Å². The van der Waals surface area contributed by atoms with E-state index in [9.17, 15) is 9.59 Å². The second-order valence-electron chi connectivity index (χ2n) is 3.85. The van der Waals surface area contributed by atoms with Crippen LogP contribution in [0.3, 0.4) is 0 Å². The van der Waals surface area contributed by atoms with Crippen LogP contribution in [-0.2, 0) is 14.3 Å². The molecule has 100 valence electrons. The average Bonchev–Trinajstić information content (AvgIpc) is 2.30. The van der Waals surface area contributed by atoms with Crippen molar-refractivity contribution in [2.24, 2.45) is 5.92 Å². The van der Waals surface area contributed by atoms with Crippen LogP contribution in [0.5, 0.6) is 0 Å². The van der Waals surface area contributed by atoms with E-state index in [0.29, 0.717) is 18.9 Å². The summed E-state index contributed by atoms with van der Waals surface area (Å²) in [6.45, 7) is 4.63. The number of amides is 1. The number of methoxy groups -OCH3 is 1. The summed E-state index contributed by atoms with van der Waals surface area (Å²) in [4.78, 5) is 22.2. The topological polar surface area (TPSA) is 75.6 Å². The Labute approximate surface area is 106 Å². The number of carboxylic acid groups (broad SMARTS) is 1. The van der Waals surface area contributed by atoms with Crippen LogP contribution in [-0.4, -0.2) is 48.2 Å². The van der Waals surface area contributed by atoms with Gasteiger partial charge in [-0.25, -0.2) is 0 Å². The molecule has 0 saturated carbocycles. The molecule has 6 heteroatoms. The predicted octanol–water partition coefficient (Wildman–Crippen LogP) is 0.981. The first-order valence-electron chi connectivity index (χ1n) is 5.60. The molecule has 0 aromatic carbocycles. The number of aliphatic carboxylic acids is 1. The number of carboxylic acids is 1. The number of ether oxygens (including phenoxy) is 1. The van der Waals surface area contributed by atoms with Crippen LogP contribution in [0.1, 0.15) is 20.3 Å². The number of hydrogen-bond acceptors (Lipinski definition) is 4. The van der Waals surface area contributed by atoms with Crippen molar-refractivity contribution in [2.75, 3.05) is 26.0 Å². The molecule has 2 unspecified atom stereocenters. The van der Waals surface area contributed by atoms with Crippen molar-refractivity contribution in [1.82, 2.24) is 5.32 Å². The molecule has 0 aromatic heterocycles. The normalized spacial score (nSPS) is 14.1. The molecule has 5 nitrogen and oxygen atoms in total. The van der Waals surface area contributed by atoms with Crippen molar-refractivity contribution in [3.8, 4) is 0 Å². The number of rotatable bonds is 9. The standard InChI is InChI=1S/C11H21NO4S/c1-8(11(14)15)7-17-9(2)10(13)12-5-4-6-16-3/h8-9H,4-7H2,1-3H3,(H,12,13)(H,14,15). The lowest BCUT2D eigenvalue weighted by Crippen LogP contribution is -2.32. The minimum Gasteiger partial charge on any atom is -0.481 e. The average molecular weight is 263 g/mol. The highest BCUT2D eigenvalue weighted by Crippen LogP contribution is 2.15. The zero-order valence-electron chi connectivity index (χ0n) is 10.6. The van der Waals surface area contributed by atoms with Crippen LogP contribution in [0.4, 0.5) is 0 Å². The van der Waals surface area contributed by atoms with E-state index in [1.165, 1.54) is 11.8 Å². The first-order chi connectivity index (χ1) is 7.99. The number of carbonyl (C=O) groups excluding carboxylic acids is 1. The molecule has 0 bridgehead atoms. The lowest BCUT2D eigenvalue weighted by Gasteiger charge is -2.13. The SMILES string of the molecule is COCCCNC(=O)C(C)SCC(C)C(=O)O. The van der Waals surface area contributed by atoms with E-state index in [0.717, 1.165) is 6.42 Å². The van der Waals surface area contributed by atoms with Gasteiger partial charge in [0.15, 0.2) is 0 Å². The Hall–Kier alpha value is -0.750. The number of carbonyl (C=O) groups is 2. The van der Waals surface area contributed by atoms with E-state index < -0.39 is 11.9 Å². The van der Waals surface area contributed by atoms with Gasteiger partial charge < -0.3 is 15.2 Å². The van der Waals surface area contributed by atoms with Crippen LogP contribution in [0, 0.1) is 5.92 Å². The highest BCUT2D eigenvalue weighted by atomic mass is 32.2. The van der Waals surface area contributed by atoms with E-state index in [1.807, 2.05) is 0 Å². The van der Waals surface area contributed by atoms with Gasteiger partial charge in [0.2, 0.25) is 5.91 Å². The molecule has 1 amide bonds. The quantitative estimate of drug-likeness (QED) is 0.607. The Balaban J connectivity index is 3.70. The third-order valence-electron chi connectivity index (χ3n) is 2.21. The van der Waals surface area contributed by atoms with Gasteiger partial charge in [0.1, 0.15) is 0 Å². The summed E-state index contributed by atoms with van der Waals surface area (Å²) in [6.07, 6.45) is 0.783. The maximum Gasteiger partial charge on any atom is 0.307 e. The highest BCUT2D eigenvalue weighted by molar-refractivity contribution is 8.00. The first kappa shape index (κ1) is 16.2. The van der Waals surface area contributed by atoms with Gasteiger partial charge in [-0.05, 0) is 13.3 Å². The molecule has 0 aliphatic carbocycles. The summed E-state index contributed by atoms with van der Waals surface area (Å²) in [7, 11) is 1.62. The molecule has 0 radical (unpaired) electrons. The van der Waals surface area contributed by atoms with Gasteiger partial charge in [-0.1, -0.05) is 6.92 Å². The zero-order valence-corrected chi connectivity index (χ0v) is 11.4. The van der Waals surface area contributed by atoms with Crippen LogP contribution in [0.25, 0.3) is 0 Å². The van der Waals surface area contributed by atoms with Gasteiger partial charge in [0.05, 0.1) is 11.2 Å². The summed E-state index contributed by atoms with van der Waals surface area (Å²) in [5, 5.41) is 11.3. The summed E-state index contributed by atoms with van der Waals surface area (Å²) in [5.41, 5.74) is 0. The fourth-order valence-corrected chi connectivity index (χ4v) is 1.96. The van der Waals surface area contributed by atoms with Crippen LogP contribution in [0.15, 0.2) is 0 Å². The zero-order chi connectivity index (χ0) is 13.3. The molecule has 0 saturated heterocycles. The molecule has 17 heavy (non-hydrogen) atoms. The molecule has 2 N–H and O–H groups in total. The lowest BCUT2D eigenvalue weighted by molar-refractivity contribution is -0.140. The molecule has 0 fully saturated rings. The highest BCUT2D eigenvalue weighted by Gasteiger charge is 2.17. The van der Waals surface area contributed by atoms with Gasteiger partial charge in [0, 0.05) is 26.0 Å². The molecular weight excluding hydrogens is 242 g/mol.